The summed E-state index contributed by atoms with van der Waals surface area (Å²) in [5, 5.41) is 0. The summed E-state index contributed by atoms with van der Waals surface area (Å²) in [6.45, 7) is 18.1. The molecule has 1 aromatic heterocycles. The first kappa shape index (κ1) is 30.4. The summed E-state index contributed by atoms with van der Waals surface area (Å²) in [5.41, 5.74) is 7.62. The summed E-state index contributed by atoms with van der Waals surface area (Å²) in [4.78, 5) is 1.23. The molecule has 0 nitrogen and oxygen atoms in total. The van der Waals surface area contributed by atoms with Crippen molar-refractivity contribution in [3.63, 3.8) is 0 Å². The van der Waals surface area contributed by atoms with Gasteiger partial charge in [-0.15, -0.1) is 0 Å². The van der Waals surface area contributed by atoms with Crippen LogP contribution in [0.4, 0.5) is 0 Å². The second-order valence-corrected chi connectivity index (χ2v) is 72.2. The fourth-order valence-electron chi connectivity index (χ4n) is 7.80. The summed E-state index contributed by atoms with van der Waals surface area (Å²) in [5.74, 6) is 0. The molecule has 5 rings (SSSR count). The molecule has 2 aliphatic carbocycles. The Morgan fingerprint density at radius 3 is 1.70 bits per heavy atom. The Morgan fingerprint density at radius 2 is 1.30 bits per heavy atom. The third kappa shape index (κ3) is 4.02. The predicted molar refractivity (Wildman–Crippen MR) is 180 cm³/mol. The summed E-state index contributed by atoms with van der Waals surface area (Å²) in [6, 6.07) is 18.5. The molecule has 2 aromatic carbocycles. The molecule has 0 fully saturated rings. The SMILES string of the molecule is [CH2]=[Hf]([Cl])([Cl])([CH2]CCC)([c]1ccc(C)s1)([CH]1C=CC=C1)[CH]1c2cc(C(C)(C)C)ccc2-c2ccc(C(C)(C)C)cc21. The summed E-state index contributed by atoms with van der Waals surface area (Å²) in [6.07, 6.45) is 10.7. The van der Waals surface area contributed by atoms with Gasteiger partial charge in [-0.25, -0.2) is 0 Å². The van der Waals surface area contributed by atoms with E-state index in [1.54, 1.807) is 11.3 Å². The molecule has 214 valence electrons. The third-order valence-corrected chi connectivity index (χ3v) is 65.7. The molecular formula is C36H46Cl2HfS. The van der Waals surface area contributed by atoms with Crippen LogP contribution in [0.3, 0.4) is 0 Å². The van der Waals surface area contributed by atoms with E-state index < -0.39 is 12.7 Å². The molecule has 0 bridgehead atoms. The van der Waals surface area contributed by atoms with Crippen molar-refractivity contribution in [3.8, 4) is 11.1 Å². The van der Waals surface area contributed by atoms with E-state index in [1.165, 1.54) is 38.3 Å². The molecule has 0 atom stereocenters. The number of hydrogen-bond acceptors (Lipinski definition) is 1. The van der Waals surface area contributed by atoms with Crippen molar-refractivity contribution in [2.75, 3.05) is 0 Å². The Balaban J connectivity index is 2.05. The summed E-state index contributed by atoms with van der Waals surface area (Å²) >= 11 is -4.86. The van der Waals surface area contributed by atoms with Crippen LogP contribution in [0, 0.1) is 6.92 Å². The van der Waals surface area contributed by atoms with Gasteiger partial charge in [0.25, 0.3) is 0 Å². The second kappa shape index (κ2) is 8.52. The number of benzene rings is 2. The van der Waals surface area contributed by atoms with Crippen molar-refractivity contribution < 1.29 is 12.7 Å². The zero-order valence-electron chi connectivity index (χ0n) is 25.6. The number of halogens is 2. The van der Waals surface area contributed by atoms with E-state index in [0.29, 0.717) is 4.18 Å². The molecule has 0 N–H and O–H groups in total. The molecule has 40 heavy (non-hydrogen) atoms. The number of aryl methyl sites for hydroxylation is 1. The van der Waals surface area contributed by atoms with Crippen LogP contribution in [0.2, 0.25) is 7.85 Å². The minimum atomic E-state index is -6.64. The summed E-state index contributed by atoms with van der Waals surface area (Å²) in [7, 11) is 18.0. The molecule has 2 aliphatic rings. The number of thiophene rings is 1. The van der Waals surface area contributed by atoms with Crippen molar-refractivity contribution in [1.29, 1.82) is 0 Å². The number of rotatable bonds is 6. The van der Waals surface area contributed by atoms with Crippen LogP contribution in [0.5, 0.6) is 0 Å². The van der Waals surface area contributed by atoms with E-state index in [-0.39, 0.29) is 18.2 Å². The van der Waals surface area contributed by atoms with Crippen molar-refractivity contribution >= 4 is 35.4 Å². The van der Waals surface area contributed by atoms with Crippen LogP contribution in [0.15, 0.2) is 72.8 Å². The molecule has 0 aliphatic heterocycles. The average Bonchev–Trinajstić information content (AvgIpc) is 3.61. The Labute approximate surface area is 247 Å². The van der Waals surface area contributed by atoms with Crippen molar-refractivity contribution in [1.82, 2.24) is 0 Å². The molecule has 0 saturated heterocycles. The first-order valence-electron chi connectivity index (χ1n) is 14.9. The van der Waals surface area contributed by atoms with Gasteiger partial charge in [0.05, 0.1) is 0 Å². The molecule has 0 unspecified atom stereocenters. The topological polar surface area (TPSA) is 0 Å². The van der Waals surface area contributed by atoms with Gasteiger partial charge in [-0.05, 0) is 0 Å². The molecule has 0 saturated carbocycles. The molecule has 0 spiro atoms. The third-order valence-electron chi connectivity index (χ3n) is 10.4. The minimum absolute atomic E-state index is 0.00874. The van der Waals surface area contributed by atoms with Gasteiger partial charge < -0.3 is 0 Å². The van der Waals surface area contributed by atoms with Crippen LogP contribution in [0.1, 0.15) is 92.1 Å². The predicted octanol–water partition coefficient (Wildman–Crippen LogP) is 11.7. The van der Waals surface area contributed by atoms with Crippen LogP contribution in [-0.4, -0.2) is 4.26 Å². The van der Waals surface area contributed by atoms with E-state index >= 15 is 0 Å². The van der Waals surface area contributed by atoms with E-state index in [4.69, 9.17) is 21.4 Å². The molecular weight excluding hydrogens is 714 g/mol. The van der Waals surface area contributed by atoms with Crippen molar-refractivity contribution in [2.45, 2.75) is 90.6 Å². The van der Waals surface area contributed by atoms with Gasteiger partial charge in [-0.2, -0.15) is 0 Å². The monoisotopic (exact) mass is 760 g/mol. The molecule has 0 amide bonds. The van der Waals surface area contributed by atoms with E-state index in [1.807, 2.05) is 0 Å². The van der Waals surface area contributed by atoms with Gasteiger partial charge in [-0.1, -0.05) is 0 Å². The van der Waals surface area contributed by atoms with Crippen molar-refractivity contribution in [2.24, 2.45) is 0 Å². The zero-order valence-corrected chi connectivity index (χ0v) is 31.5. The van der Waals surface area contributed by atoms with E-state index in [0.717, 1.165) is 15.5 Å². The molecule has 4 heteroatoms. The number of fused-ring (bicyclic) bond motifs is 3. The quantitative estimate of drug-likeness (QED) is 0.220. The van der Waals surface area contributed by atoms with Crippen LogP contribution in [-0.2, 0) is 23.5 Å². The van der Waals surface area contributed by atoms with Crippen molar-refractivity contribution in [3.05, 3.63) is 100.0 Å². The fraction of sp³-hybridized carbons (Fsp3) is 0.417. The van der Waals surface area contributed by atoms with Gasteiger partial charge in [0.15, 0.2) is 0 Å². The Hall–Kier alpha value is -1.06. The standard InChI is InChI=1S/C21H25.C5H5S.C5H5.C4H9.CH2.2ClH.Hf/c1-20(2,3)16-7-9-18-14(12-16)11-15-13-17(21(4,5)6)8-10-19(15)18;1-5-3-2-4-6-5;1-2-4-5-3-1;1-3-4-2;;;;/h7-13H,1-6H3;2-3H,1H3;1-5H;1,3-4H2,2H3;1H2;2*1H;/q;;;;;;;+2/p-2. The number of unbranched alkanes of at least 4 members (excludes halogenated alkanes) is 1. The van der Waals surface area contributed by atoms with E-state index in [9.17, 15) is 0 Å². The Kier molecular flexibility index (Phi) is 6.48. The fourth-order valence-corrected chi connectivity index (χ4v) is 56.9. The number of allylic oxidation sites excluding steroid dienone is 4. The van der Waals surface area contributed by atoms with Crippen LogP contribution >= 0.6 is 28.5 Å². The number of hydrogen-bond donors (Lipinski definition) is 0. The van der Waals surface area contributed by atoms with Crippen LogP contribution in [0.25, 0.3) is 11.1 Å². The molecule has 0 radical (unpaired) electrons. The van der Waals surface area contributed by atoms with E-state index in [2.05, 4.69) is 128 Å². The van der Waals surface area contributed by atoms with Gasteiger partial charge in [0.1, 0.15) is 0 Å². The van der Waals surface area contributed by atoms with Gasteiger partial charge in [-0.3, -0.25) is 0 Å². The van der Waals surface area contributed by atoms with Crippen LogP contribution < -0.4 is 2.63 Å². The van der Waals surface area contributed by atoms with Gasteiger partial charge >= 0.3 is 250 Å². The second-order valence-electron chi connectivity index (χ2n) is 15.5. The first-order valence-corrected chi connectivity index (χ1v) is 35.7. The Morgan fingerprint density at radius 1 is 0.800 bits per heavy atom. The average molecular weight is 760 g/mol. The maximum atomic E-state index is 8.99. The zero-order chi connectivity index (χ0) is 29.5. The normalized spacial score (nSPS) is 18.7. The molecule has 3 aromatic rings. The molecule has 1 heterocycles. The van der Waals surface area contributed by atoms with Gasteiger partial charge in [0.2, 0.25) is 0 Å². The summed E-state index contributed by atoms with van der Waals surface area (Å²) < 4.78 is 6.91. The first-order chi connectivity index (χ1) is 18.3. The maximum absolute atomic E-state index is 8.99. The van der Waals surface area contributed by atoms with Gasteiger partial charge in [0, 0.05) is 0 Å². The Bertz CT molecular complexity index is 1630.